The second-order valence-electron chi connectivity index (χ2n) is 9.09. The smallest absolute Gasteiger partial charge is 0.248 e. The number of halogens is 2. The van der Waals surface area contributed by atoms with Gasteiger partial charge in [0.15, 0.2) is 0 Å². The molecule has 2 fully saturated rings. The maximum atomic E-state index is 13.6. The molecule has 0 bridgehead atoms. The normalized spacial score (nSPS) is 18.2. The predicted molar refractivity (Wildman–Crippen MR) is 144 cm³/mol. The summed E-state index contributed by atoms with van der Waals surface area (Å²) in [6.45, 7) is 4.83. The van der Waals surface area contributed by atoms with E-state index >= 15 is 0 Å². The first-order chi connectivity index (χ1) is 18.5. The highest BCUT2D eigenvalue weighted by Gasteiger charge is 2.19. The molecule has 11 heteroatoms. The molecule has 2 aliphatic heterocycles. The van der Waals surface area contributed by atoms with Gasteiger partial charge in [0.2, 0.25) is 5.91 Å². The van der Waals surface area contributed by atoms with Crippen molar-refractivity contribution in [1.29, 1.82) is 0 Å². The SMILES string of the molecule is O=C(C=CCN1CCOCC1)Nc1cc2c(Nc3ccc(F)c(Cl)c3)ncnc2cc1OC[C@@H]1CCCO1. The van der Waals surface area contributed by atoms with Crippen molar-refractivity contribution in [3.63, 3.8) is 0 Å². The van der Waals surface area contributed by atoms with Crippen molar-refractivity contribution in [3.05, 3.63) is 59.7 Å². The fourth-order valence-electron chi connectivity index (χ4n) is 4.34. The third-order valence-electron chi connectivity index (χ3n) is 6.36. The molecular formula is C27H29ClFN5O4. The van der Waals surface area contributed by atoms with Crippen LogP contribution in [0.15, 0.2) is 48.8 Å². The Bertz CT molecular complexity index is 1310. The topological polar surface area (TPSA) is 97.8 Å². The summed E-state index contributed by atoms with van der Waals surface area (Å²) in [5, 5.41) is 6.73. The number of ether oxygens (including phenoxy) is 3. The van der Waals surface area contributed by atoms with E-state index in [4.69, 9.17) is 25.8 Å². The maximum Gasteiger partial charge on any atom is 0.248 e. The number of anilines is 3. The highest BCUT2D eigenvalue weighted by atomic mass is 35.5. The van der Waals surface area contributed by atoms with Gasteiger partial charge in [-0.15, -0.1) is 0 Å². The number of morpholine rings is 1. The molecule has 200 valence electrons. The highest BCUT2D eigenvalue weighted by molar-refractivity contribution is 6.31. The largest absolute Gasteiger partial charge is 0.489 e. The van der Waals surface area contributed by atoms with Gasteiger partial charge < -0.3 is 24.8 Å². The van der Waals surface area contributed by atoms with Crippen molar-refractivity contribution in [2.24, 2.45) is 0 Å². The Kier molecular flexibility index (Phi) is 8.65. The number of fused-ring (bicyclic) bond motifs is 1. The predicted octanol–water partition coefficient (Wildman–Crippen LogP) is 4.55. The van der Waals surface area contributed by atoms with Crippen LogP contribution in [-0.2, 0) is 14.3 Å². The Hall–Kier alpha value is -3.31. The first-order valence-corrected chi connectivity index (χ1v) is 13.0. The summed E-state index contributed by atoms with van der Waals surface area (Å²) in [4.78, 5) is 23.8. The Morgan fingerprint density at radius 3 is 2.87 bits per heavy atom. The van der Waals surface area contributed by atoms with Crippen molar-refractivity contribution in [2.45, 2.75) is 18.9 Å². The lowest BCUT2D eigenvalue weighted by Crippen LogP contribution is -2.36. The van der Waals surface area contributed by atoms with Crippen molar-refractivity contribution in [1.82, 2.24) is 14.9 Å². The molecule has 2 aliphatic rings. The molecule has 1 atom stereocenters. The fourth-order valence-corrected chi connectivity index (χ4v) is 4.52. The average Bonchev–Trinajstić information content (AvgIpc) is 3.44. The van der Waals surface area contributed by atoms with Crippen LogP contribution in [0.4, 0.5) is 21.6 Å². The maximum absolute atomic E-state index is 13.6. The minimum absolute atomic E-state index is 0.00463. The van der Waals surface area contributed by atoms with Crippen LogP contribution in [0.5, 0.6) is 5.75 Å². The second-order valence-corrected chi connectivity index (χ2v) is 9.50. The second kappa shape index (κ2) is 12.5. The molecule has 0 radical (unpaired) electrons. The minimum Gasteiger partial charge on any atom is -0.489 e. The number of amides is 1. The van der Waals surface area contributed by atoms with E-state index in [1.807, 2.05) is 6.08 Å². The van der Waals surface area contributed by atoms with Crippen LogP contribution in [0.25, 0.3) is 10.9 Å². The molecule has 1 amide bonds. The van der Waals surface area contributed by atoms with Gasteiger partial charge in [-0.2, -0.15) is 0 Å². The number of nitrogens with one attached hydrogen (secondary N) is 2. The number of benzene rings is 2. The summed E-state index contributed by atoms with van der Waals surface area (Å²) in [6, 6.07) is 7.85. The van der Waals surface area contributed by atoms with E-state index in [1.54, 1.807) is 18.2 Å². The molecule has 2 aromatic carbocycles. The molecule has 9 nitrogen and oxygen atoms in total. The van der Waals surface area contributed by atoms with Crippen LogP contribution >= 0.6 is 11.6 Å². The summed E-state index contributed by atoms with van der Waals surface area (Å²) < 4.78 is 30.8. The van der Waals surface area contributed by atoms with E-state index in [9.17, 15) is 9.18 Å². The van der Waals surface area contributed by atoms with E-state index < -0.39 is 5.82 Å². The molecule has 3 aromatic rings. The van der Waals surface area contributed by atoms with Crippen molar-refractivity contribution in [3.8, 4) is 5.75 Å². The highest BCUT2D eigenvalue weighted by Crippen LogP contribution is 2.34. The lowest BCUT2D eigenvalue weighted by Gasteiger charge is -2.25. The number of carbonyl (C=O) groups is 1. The van der Waals surface area contributed by atoms with Gasteiger partial charge in [-0.3, -0.25) is 9.69 Å². The van der Waals surface area contributed by atoms with Gasteiger partial charge in [-0.05, 0) is 37.1 Å². The lowest BCUT2D eigenvalue weighted by atomic mass is 10.1. The van der Waals surface area contributed by atoms with E-state index in [0.29, 0.717) is 60.2 Å². The summed E-state index contributed by atoms with van der Waals surface area (Å²) >= 11 is 5.94. The minimum atomic E-state index is -0.510. The van der Waals surface area contributed by atoms with Crippen LogP contribution in [0.1, 0.15) is 12.8 Å². The first-order valence-electron chi connectivity index (χ1n) is 12.6. The fraction of sp³-hybridized carbons (Fsp3) is 0.370. The third kappa shape index (κ3) is 6.76. The van der Waals surface area contributed by atoms with Gasteiger partial charge in [-0.1, -0.05) is 17.7 Å². The number of aromatic nitrogens is 2. The van der Waals surface area contributed by atoms with Gasteiger partial charge in [0.05, 0.1) is 35.5 Å². The molecule has 0 aliphatic carbocycles. The van der Waals surface area contributed by atoms with Gasteiger partial charge in [0.1, 0.15) is 30.3 Å². The summed E-state index contributed by atoms with van der Waals surface area (Å²) in [5.41, 5.74) is 1.65. The van der Waals surface area contributed by atoms with E-state index in [-0.39, 0.29) is 17.0 Å². The monoisotopic (exact) mass is 541 g/mol. The zero-order valence-corrected chi connectivity index (χ0v) is 21.5. The first kappa shape index (κ1) is 26.3. The van der Waals surface area contributed by atoms with Gasteiger partial charge in [-0.25, -0.2) is 14.4 Å². The van der Waals surface area contributed by atoms with Crippen molar-refractivity contribution in [2.75, 3.05) is 56.7 Å². The molecule has 0 spiro atoms. The van der Waals surface area contributed by atoms with Crippen molar-refractivity contribution >= 4 is 45.6 Å². The molecule has 0 saturated carbocycles. The van der Waals surface area contributed by atoms with E-state index in [1.165, 1.54) is 24.5 Å². The van der Waals surface area contributed by atoms with Gasteiger partial charge >= 0.3 is 0 Å². The number of rotatable bonds is 9. The number of carbonyl (C=O) groups excluding carboxylic acids is 1. The van der Waals surface area contributed by atoms with E-state index in [0.717, 1.165) is 32.5 Å². The van der Waals surface area contributed by atoms with Gasteiger partial charge in [0, 0.05) is 49.5 Å². The zero-order valence-electron chi connectivity index (χ0n) is 20.8. The Balaban J connectivity index is 1.39. The average molecular weight is 542 g/mol. The standard InChI is InChI=1S/C27H29ClFN5O4/c28-21-13-18(5-6-22(21)29)32-27-20-14-24(33-26(35)4-1-7-34-8-11-36-12-9-34)25(15-23(20)30-17-31-27)38-16-19-3-2-10-37-19/h1,4-6,13-15,17,19H,2-3,7-12,16H2,(H,33,35)(H,30,31,32)/t19-/m0/s1. The quantitative estimate of drug-likeness (QED) is 0.381. The molecule has 2 saturated heterocycles. The Labute approximate surface area is 224 Å². The summed E-state index contributed by atoms with van der Waals surface area (Å²) in [7, 11) is 0. The number of hydrogen-bond donors (Lipinski definition) is 2. The lowest BCUT2D eigenvalue weighted by molar-refractivity contribution is -0.111. The van der Waals surface area contributed by atoms with Crippen LogP contribution < -0.4 is 15.4 Å². The van der Waals surface area contributed by atoms with Gasteiger partial charge in [0.25, 0.3) is 0 Å². The van der Waals surface area contributed by atoms with Crippen LogP contribution in [-0.4, -0.2) is 72.9 Å². The van der Waals surface area contributed by atoms with Crippen LogP contribution in [0.2, 0.25) is 5.02 Å². The summed E-state index contributed by atoms with van der Waals surface area (Å²) in [5.74, 6) is 0.167. The molecule has 0 unspecified atom stereocenters. The molecule has 5 rings (SSSR count). The van der Waals surface area contributed by atoms with E-state index in [2.05, 4.69) is 25.5 Å². The Morgan fingerprint density at radius 2 is 2.08 bits per heavy atom. The van der Waals surface area contributed by atoms with Crippen LogP contribution in [0, 0.1) is 5.82 Å². The number of hydrogen-bond acceptors (Lipinski definition) is 8. The molecule has 2 N–H and O–H groups in total. The molecule has 1 aromatic heterocycles. The molecular weight excluding hydrogens is 513 g/mol. The third-order valence-corrected chi connectivity index (χ3v) is 6.65. The Morgan fingerprint density at radius 1 is 1.21 bits per heavy atom. The molecule has 38 heavy (non-hydrogen) atoms. The zero-order chi connectivity index (χ0) is 26.3. The number of nitrogens with zero attached hydrogens (tertiary/aromatic N) is 3. The van der Waals surface area contributed by atoms with Crippen molar-refractivity contribution < 1.29 is 23.4 Å². The summed E-state index contributed by atoms with van der Waals surface area (Å²) in [6.07, 6.45) is 6.71. The molecule has 3 heterocycles. The van der Waals surface area contributed by atoms with Crippen LogP contribution in [0.3, 0.4) is 0 Å².